The van der Waals surface area contributed by atoms with E-state index in [1.54, 1.807) is 18.7 Å². The molecule has 0 unspecified atom stereocenters. The molecule has 1 aromatic carbocycles. The van der Waals surface area contributed by atoms with Crippen LogP contribution in [0.1, 0.15) is 47.4 Å². The van der Waals surface area contributed by atoms with Gasteiger partial charge in [-0.05, 0) is 44.9 Å². The van der Waals surface area contributed by atoms with Crippen LogP contribution in [-0.2, 0) is 21.9 Å². The van der Waals surface area contributed by atoms with Crippen LogP contribution in [-0.4, -0.2) is 54.0 Å². The van der Waals surface area contributed by atoms with Crippen molar-refractivity contribution in [3.63, 3.8) is 0 Å². The van der Waals surface area contributed by atoms with Gasteiger partial charge in [-0.3, -0.25) is 14.3 Å². The second-order valence-corrected chi connectivity index (χ2v) is 10.2. The van der Waals surface area contributed by atoms with Crippen LogP contribution in [0.3, 0.4) is 0 Å². The summed E-state index contributed by atoms with van der Waals surface area (Å²) in [6.45, 7) is 4.20. The Morgan fingerprint density at radius 3 is 2.38 bits per heavy atom. The van der Waals surface area contributed by atoms with E-state index in [4.69, 9.17) is 11.6 Å². The summed E-state index contributed by atoms with van der Waals surface area (Å²) in [6, 6.07) is 4.10. The number of aromatic nitrogens is 2. The molecule has 1 fully saturated rings. The average molecular weight is 482 g/mol. The first kappa shape index (κ1) is 24.2. The van der Waals surface area contributed by atoms with Gasteiger partial charge >= 0.3 is 0 Å². The molecule has 1 aliphatic rings. The smallest absolute Gasteiger partial charge is 0.251 e. The van der Waals surface area contributed by atoms with Gasteiger partial charge in [0.15, 0.2) is 0 Å². The van der Waals surface area contributed by atoms with Gasteiger partial charge in [0, 0.05) is 25.7 Å². The maximum atomic E-state index is 13.1. The molecule has 1 aliphatic heterocycles. The summed E-state index contributed by atoms with van der Waals surface area (Å²) in [5.74, 6) is -0.979. The number of benzene rings is 1. The SMILES string of the molecule is Cc1nn(C)c(C)c1NC(=O)CNC(=O)c1ccc(Cl)c(S(=O)(=O)N2CCCCCC2)c1. The predicted molar refractivity (Wildman–Crippen MR) is 122 cm³/mol. The number of carbonyl (C=O) groups is 2. The Morgan fingerprint density at radius 2 is 1.78 bits per heavy atom. The van der Waals surface area contributed by atoms with Crippen LogP contribution >= 0.6 is 11.6 Å². The molecule has 3 rings (SSSR count). The first-order chi connectivity index (χ1) is 15.1. The number of hydrogen-bond donors (Lipinski definition) is 2. The highest BCUT2D eigenvalue weighted by Crippen LogP contribution is 2.27. The molecule has 11 heteroatoms. The summed E-state index contributed by atoms with van der Waals surface area (Å²) < 4.78 is 29.3. The number of hydrogen-bond acceptors (Lipinski definition) is 5. The van der Waals surface area contributed by atoms with Crippen LogP contribution in [0.5, 0.6) is 0 Å². The zero-order chi connectivity index (χ0) is 23.5. The standard InChI is InChI=1S/C21H28ClN5O4S/c1-14-20(15(2)26(3)25-14)24-19(28)13-23-21(29)16-8-9-17(22)18(12-16)32(30,31)27-10-6-4-5-7-11-27/h8-9,12H,4-7,10-11,13H2,1-3H3,(H,23,29)(H,24,28). The summed E-state index contributed by atoms with van der Waals surface area (Å²) in [6.07, 6.45) is 3.56. The van der Waals surface area contributed by atoms with Gasteiger partial charge in [-0.1, -0.05) is 24.4 Å². The first-order valence-corrected chi connectivity index (χ1v) is 12.3. The fraction of sp³-hybridized carbons (Fsp3) is 0.476. The zero-order valence-electron chi connectivity index (χ0n) is 18.4. The van der Waals surface area contributed by atoms with Crippen molar-refractivity contribution in [2.45, 2.75) is 44.4 Å². The second kappa shape index (κ2) is 10.0. The minimum atomic E-state index is -3.82. The summed E-state index contributed by atoms with van der Waals surface area (Å²) in [4.78, 5) is 24.8. The average Bonchev–Trinajstić information content (AvgIpc) is 2.96. The van der Waals surface area contributed by atoms with Crippen LogP contribution in [0.15, 0.2) is 23.1 Å². The Kier molecular flexibility index (Phi) is 7.58. The Morgan fingerprint density at radius 1 is 1.12 bits per heavy atom. The van der Waals surface area contributed by atoms with Crippen molar-refractivity contribution in [2.24, 2.45) is 7.05 Å². The number of anilines is 1. The molecule has 0 radical (unpaired) electrons. The molecule has 2 aromatic rings. The maximum Gasteiger partial charge on any atom is 0.251 e. The maximum absolute atomic E-state index is 13.1. The molecule has 0 atom stereocenters. The van der Waals surface area contributed by atoms with Crippen LogP contribution in [0.4, 0.5) is 5.69 Å². The predicted octanol–water partition coefficient (Wildman–Crippen LogP) is 2.62. The van der Waals surface area contributed by atoms with Gasteiger partial charge < -0.3 is 10.6 Å². The van der Waals surface area contributed by atoms with E-state index in [0.29, 0.717) is 24.5 Å². The largest absolute Gasteiger partial charge is 0.343 e. The van der Waals surface area contributed by atoms with Crippen LogP contribution in [0, 0.1) is 13.8 Å². The van der Waals surface area contributed by atoms with Crippen molar-refractivity contribution >= 4 is 39.1 Å². The van der Waals surface area contributed by atoms with E-state index >= 15 is 0 Å². The van der Waals surface area contributed by atoms with Crippen molar-refractivity contribution in [3.8, 4) is 0 Å². The molecule has 1 aromatic heterocycles. The lowest BCUT2D eigenvalue weighted by atomic mass is 10.2. The molecule has 1 saturated heterocycles. The van der Waals surface area contributed by atoms with E-state index in [1.165, 1.54) is 22.5 Å². The van der Waals surface area contributed by atoms with E-state index in [0.717, 1.165) is 31.4 Å². The Labute approximate surface area is 193 Å². The number of amides is 2. The van der Waals surface area contributed by atoms with Gasteiger partial charge in [0.05, 0.1) is 28.6 Å². The molecule has 0 bridgehead atoms. The van der Waals surface area contributed by atoms with E-state index < -0.39 is 21.8 Å². The first-order valence-electron chi connectivity index (χ1n) is 10.5. The van der Waals surface area contributed by atoms with E-state index in [2.05, 4.69) is 15.7 Å². The zero-order valence-corrected chi connectivity index (χ0v) is 20.0. The molecule has 2 N–H and O–H groups in total. The number of halogens is 1. The molecule has 9 nitrogen and oxygen atoms in total. The fourth-order valence-electron chi connectivity index (χ4n) is 3.66. The summed E-state index contributed by atoms with van der Waals surface area (Å²) in [7, 11) is -2.04. The minimum absolute atomic E-state index is 0.0612. The number of carbonyl (C=O) groups excluding carboxylic acids is 2. The van der Waals surface area contributed by atoms with Gasteiger partial charge in [0.2, 0.25) is 15.9 Å². The lowest BCUT2D eigenvalue weighted by Gasteiger charge is -2.21. The Bertz CT molecular complexity index is 1120. The Hall–Kier alpha value is -2.43. The van der Waals surface area contributed by atoms with E-state index in [9.17, 15) is 18.0 Å². The van der Waals surface area contributed by atoms with Crippen molar-refractivity contribution in [3.05, 3.63) is 40.2 Å². The molecule has 32 heavy (non-hydrogen) atoms. The van der Waals surface area contributed by atoms with Crippen molar-refractivity contribution in [1.29, 1.82) is 0 Å². The van der Waals surface area contributed by atoms with Crippen molar-refractivity contribution in [2.75, 3.05) is 25.0 Å². The van der Waals surface area contributed by atoms with E-state index in [1.807, 2.05) is 6.92 Å². The molecule has 2 amide bonds. The third-order valence-electron chi connectivity index (χ3n) is 5.56. The Balaban J connectivity index is 1.70. The van der Waals surface area contributed by atoms with Crippen LogP contribution in [0.25, 0.3) is 0 Å². The molecule has 2 heterocycles. The number of sulfonamides is 1. The van der Waals surface area contributed by atoms with Crippen LogP contribution in [0.2, 0.25) is 5.02 Å². The third-order valence-corrected chi connectivity index (χ3v) is 7.94. The molecule has 0 aliphatic carbocycles. The number of nitrogens with one attached hydrogen (secondary N) is 2. The molecular weight excluding hydrogens is 454 g/mol. The lowest BCUT2D eigenvalue weighted by molar-refractivity contribution is -0.115. The highest BCUT2D eigenvalue weighted by Gasteiger charge is 2.28. The molecular formula is C21H28ClN5O4S. The summed E-state index contributed by atoms with van der Waals surface area (Å²) in [5, 5.41) is 9.56. The summed E-state index contributed by atoms with van der Waals surface area (Å²) in [5.41, 5.74) is 2.18. The van der Waals surface area contributed by atoms with Gasteiger partial charge in [0.25, 0.3) is 5.91 Å². The van der Waals surface area contributed by atoms with Gasteiger partial charge in [-0.2, -0.15) is 9.40 Å². The van der Waals surface area contributed by atoms with Crippen molar-refractivity contribution < 1.29 is 18.0 Å². The van der Waals surface area contributed by atoms with Gasteiger partial charge in [-0.15, -0.1) is 0 Å². The topological polar surface area (TPSA) is 113 Å². The highest BCUT2D eigenvalue weighted by molar-refractivity contribution is 7.89. The second-order valence-electron chi connectivity index (χ2n) is 7.86. The highest BCUT2D eigenvalue weighted by atomic mass is 35.5. The van der Waals surface area contributed by atoms with Crippen molar-refractivity contribution in [1.82, 2.24) is 19.4 Å². The van der Waals surface area contributed by atoms with Gasteiger partial charge in [-0.25, -0.2) is 8.42 Å². The van der Waals surface area contributed by atoms with Crippen LogP contribution < -0.4 is 10.6 Å². The summed E-state index contributed by atoms with van der Waals surface area (Å²) >= 11 is 6.19. The molecule has 0 spiro atoms. The fourth-order valence-corrected chi connectivity index (χ4v) is 5.68. The lowest BCUT2D eigenvalue weighted by Crippen LogP contribution is -2.34. The monoisotopic (exact) mass is 481 g/mol. The minimum Gasteiger partial charge on any atom is -0.343 e. The number of aryl methyl sites for hydroxylation is 2. The number of rotatable bonds is 6. The van der Waals surface area contributed by atoms with Gasteiger partial charge in [0.1, 0.15) is 4.90 Å². The normalized spacial score (nSPS) is 15.2. The quantitative estimate of drug-likeness (QED) is 0.658. The third kappa shape index (κ3) is 5.31. The van der Waals surface area contributed by atoms with E-state index in [-0.39, 0.29) is 22.0 Å². The number of nitrogens with zero attached hydrogens (tertiary/aromatic N) is 3. The molecule has 174 valence electrons. The molecule has 0 saturated carbocycles.